The number of ether oxygens (including phenoxy) is 1. The highest BCUT2D eigenvalue weighted by Crippen LogP contribution is 2.42. The van der Waals surface area contributed by atoms with Crippen LogP contribution in [0.1, 0.15) is 37.8 Å². The monoisotopic (exact) mass is 484 g/mol. The van der Waals surface area contributed by atoms with Crippen LogP contribution in [0.25, 0.3) is 22.2 Å². The van der Waals surface area contributed by atoms with Crippen LogP contribution in [-0.2, 0) is 6.61 Å². The second-order valence-electron chi connectivity index (χ2n) is 9.34. The molecule has 4 aromatic rings. The number of urea groups is 1. The normalized spacial score (nSPS) is 16.9. The van der Waals surface area contributed by atoms with Gasteiger partial charge in [0.15, 0.2) is 0 Å². The predicted octanol–water partition coefficient (Wildman–Crippen LogP) is 4.92. The SMILES string of the molecule is CCCNC(=O)NC[C@H]1C[C@H](n2cc(-c3cccc(OCc4ccccc4)c3)c3c(N)ncnc32)C1. The van der Waals surface area contributed by atoms with Crippen molar-refractivity contribution >= 4 is 22.9 Å². The van der Waals surface area contributed by atoms with Gasteiger partial charge in [-0.3, -0.25) is 0 Å². The first-order valence-corrected chi connectivity index (χ1v) is 12.5. The molecule has 4 N–H and O–H groups in total. The van der Waals surface area contributed by atoms with Gasteiger partial charge in [0.25, 0.3) is 0 Å². The van der Waals surface area contributed by atoms with Crippen molar-refractivity contribution in [3.8, 4) is 16.9 Å². The van der Waals surface area contributed by atoms with E-state index in [2.05, 4.69) is 49.6 Å². The van der Waals surface area contributed by atoms with Gasteiger partial charge in [-0.2, -0.15) is 0 Å². The fourth-order valence-electron chi connectivity index (χ4n) is 4.73. The van der Waals surface area contributed by atoms with Crippen LogP contribution in [0.4, 0.5) is 10.6 Å². The number of amides is 2. The van der Waals surface area contributed by atoms with Crippen molar-refractivity contribution in [3.05, 3.63) is 72.7 Å². The Morgan fingerprint density at radius 3 is 2.75 bits per heavy atom. The molecule has 8 heteroatoms. The minimum Gasteiger partial charge on any atom is -0.489 e. The van der Waals surface area contributed by atoms with E-state index in [4.69, 9.17) is 10.5 Å². The molecule has 0 saturated heterocycles. The van der Waals surface area contributed by atoms with Crippen LogP contribution in [0.3, 0.4) is 0 Å². The molecule has 1 aliphatic carbocycles. The number of nitrogens with zero attached hydrogens (tertiary/aromatic N) is 3. The maximum atomic E-state index is 11.9. The van der Waals surface area contributed by atoms with E-state index in [9.17, 15) is 4.79 Å². The lowest BCUT2D eigenvalue weighted by molar-refractivity contribution is 0.192. The standard InChI is InChI=1S/C28H32N6O2/c1-2-11-30-28(35)31-15-20-12-22(13-20)34-16-24(25-26(29)32-18-33-27(25)34)21-9-6-10-23(14-21)36-17-19-7-4-3-5-8-19/h3-10,14,16,18,20,22H,2,11-13,15,17H2,1H3,(H2,29,32,33)(H2,30,31,35)/t20-,22-. The van der Waals surface area contributed by atoms with Crippen LogP contribution in [0.2, 0.25) is 0 Å². The van der Waals surface area contributed by atoms with Crippen LogP contribution >= 0.6 is 0 Å². The number of benzene rings is 2. The summed E-state index contributed by atoms with van der Waals surface area (Å²) in [6.07, 6.45) is 6.53. The molecule has 0 spiro atoms. The van der Waals surface area contributed by atoms with Crippen LogP contribution in [0.5, 0.6) is 5.75 Å². The topological polar surface area (TPSA) is 107 Å². The summed E-state index contributed by atoms with van der Waals surface area (Å²) in [7, 11) is 0. The van der Waals surface area contributed by atoms with E-state index < -0.39 is 0 Å². The molecule has 0 unspecified atom stereocenters. The van der Waals surface area contributed by atoms with Gasteiger partial charge in [0.1, 0.15) is 30.1 Å². The first-order chi connectivity index (χ1) is 17.6. The number of nitrogens with one attached hydrogen (secondary N) is 2. The Kier molecular flexibility index (Phi) is 7.02. The zero-order chi connectivity index (χ0) is 24.9. The van der Waals surface area contributed by atoms with E-state index in [0.717, 1.165) is 52.7 Å². The van der Waals surface area contributed by atoms with Gasteiger partial charge < -0.3 is 25.7 Å². The van der Waals surface area contributed by atoms with E-state index in [1.54, 1.807) is 0 Å². The highest BCUT2D eigenvalue weighted by Gasteiger charge is 2.32. The van der Waals surface area contributed by atoms with Crippen LogP contribution in [0.15, 0.2) is 67.1 Å². The Labute approximate surface area is 210 Å². The van der Waals surface area contributed by atoms with Gasteiger partial charge in [-0.1, -0.05) is 49.4 Å². The maximum Gasteiger partial charge on any atom is 0.314 e. The third-order valence-electron chi connectivity index (χ3n) is 6.72. The molecule has 2 aromatic carbocycles. The molecule has 8 nitrogen and oxygen atoms in total. The zero-order valence-electron chi connectivity index (χ0n) is 20.5. The molecule has 5 rings (SSSR count). The van der Waals surface area contributed by atoms with E-state index in [0.29, 0.717) is 37.5 Å². The number of rotatable bonds is 9. The van der Waals surface area contributed by atoms with Crippen molar-refractivity contribution in [2.75, 3.05) is 18.8 Å². The second-order valence-corrected chi connectivity index (χ2v) is 9.34. The van der Waals surface area contributed by atoms with Crippen molar-refractivity contribution in [1.29, 1.82) is 0 Å². The molecule has 1 aliphatic rings. The fourth-order valence-corrected chi connectivity index (χ4v) is 4.73. The Morgan fingerprint density at radius 2 is 1.94 bits per heavy atom. The Hall–Kier alpha value is -4.07. The molecule has 2 amide bonds. The van der Waals surface area contributed by atoms with Crippen molar-refractivity contribution < 1.29 is 9.53 Å². The van der Waals surface area contributed by atoms with E-state index in [1.807, 2.05) is 43.3 Å². The minimum absolute atomic E-state index is 0.0936. The van der Waals surface area contributed by atoms with Crippen molar-refractivity contribution in [1.82, 2.24) is 25.2 Å². The van der Waals surface area contributed by atoms with Gasteiger partial charge in [-0.15, -0.1) is 0 Å². The van der Waals surface area contributed by atoms with E-state index in [-0.39, 0.29) is 6.03 Å². The van der Waals surface area contributed by atoms with Crippen molar-refractivity contribution in [3.63, 3.8) is 0 Å². The molecule has 2 aromatic heterocycles. The quantitative estimate of drug-likeness (QED) is 0.313. The van der Waals surface area contributed by atoms with E-state index in [1.165, 1.54) is 6.33 Å². The van der Waals surface area contributed by atoms with Gasteiger partial charge in [0.2, 0.25) is 0 Å². The summed E-state index contributed by atoms with van der Waals surface area (Å²) in [6.45, 7) is 3.91. The number of aromatic nitrogens is 3. The Bertz CT molecular complexity index is 1330. The average molecular weight is 485 g/mol. The number of carbonyl (C=O) groups excluding carboxylic acids is 1. The number of hydrogen-bond acceptors (Lipinski definition) is 5. The third-order valence-corrected chi connectivity index (χ3v) is 6.72. The second kappa shape index (κ2) is 10.7. The smallest absolute Gasteiger partial charge is 0.314 e. The van der Waals surface area contributed by atoms with Gasteiger partial charge in [0.05, 0.1) is 5.39 Å². The maximum absolute atomic E-state index is 11.9. The molecular formula is C28H32N6O2. The Balaban J connectivity index is 1.33. The summed E-state index contributed by atoms with van der Waals surface area (Å²) < 4.78 is 8.28. The van der Waals surface area contributed by atoms with Crippen LogP contribution in [-0.4, -0.2) is 33.7 Å². The minimum atomic E-state index is -0.0936. The summed E-state index contributed by atoms with van der Waals surface area (Å²) in [5.74, 6) is 1.70. The van der Waals surface area contributed by atoms with E-state index >= 15 is 0 Å². The van der Waals surface area contributed by atoms with Crippen molar-refractivity contribution in [2.24, 2.45) is 5.92 Å². The number of carbonyl (C=O) groups is 1. The first-order valence-electron chi connectivity index (χ1n) is 12.5. The molecule has 0 bridgehead atoms. The summed E-state index contributed by atoms with van der Waals surface area (Å²) in [6, 6.07) is 18.4. The van der Waals surface area contributed by atoms with Gasteiger partial charge in [-0.05, 0) is 48.4 Å². The highest BCUT2D eigenvalue weighted by molar-refractivity contribution is 6.00. The number of nitrogen functional groups attached to an aromatic ring is 1. The number of hydrogen-bond donors (Lipinski definition) is 3. The molecule has 0 atom stereocenters. The van der Waals surface area contributed by atoms with Crippen molar-refractivity contribution in [2.45, 2.75) is 38.8 Å². The lowest BCUT2D eigenvalue weighted by Crippen LogP contribution is -2.41. The molecule has 2 heterocycles. The van der Waals surface area contributed by atoms with Gasteiger partial charge in [-0.25, -0.2) is 14.8 Å². The lowest BCUT2D eigenvalue weighted by atomic mass is 9.80. The van der Waals surface area contributed by atoms with Crippen LogP contribution in [0, 0.1) is 5.92 Å². The van der Waals surface area contributed by atoms with Crippen LogP contribution < -0.4 is 21.1 Å². The molecule has 186 valence electrons. The third kappa shape index (κ3) is 5.12. The van der Waals surface area contributed by atoms with Gasteiger partial charge >= 0.3 is 6.03 Å². The molecule has 1 fully saturated rings. The number of nitrogens with two attached hydrogens (primary N) is 1. The predicted molar refractivity (Wildman–Crippen MR) is 142 cm³/mol. The first kappa shape index (κ1) is 23.7. The molecular weight excluding hydrogens is 452 g/mol. The molecule has 0 aliphatic heterocycles. The lowest BCUT2D eigenvalue weighted by Gasteiger charge is -2.36. The highest BCUT2D eigenvalue weighted by atomic mass is 16.5. The summed E-state index contributed by atoms with van der Waals surface area (Å²) in [4.78, 5) is 20.7. The average Bonchev–Trinajstić information content (AvgIpc) is 3.27. The summed E-state index contributed by atoms with van der Waals surface area (Å²) in [5, 5.41) is 6.70. The molecule has 36 heavy (non-hydrogen) atoms. The number of fused-ring (bicyclic) bond motifs is 1. The van der Waals surface area contributed by atoms with Gasteiger partial charge in [0, 0.05) is 30.9 Å². The Morgan fingerprint density at radius 1 is 1.11 bits per heavy atom. The summed E-state index contributed by atoms with van der Waals surface area (Å²) in [5.41, 5.74) is 10.3. The zero-order valence-corrected chi connectivity index (χ0v) is 20.5. The molecule has 1 saturated carbocycles. The number of anilines is 1. The fraction of sp³-hybridized carbons (Fsp3) is 0.321. The molecule has 0 radical (unpaired) electrons. The largest absolute Gasteiger partial charge is 0.489 e. The summed E-state index contributed by atoms with van der Waals surface area (Å²) >= 11 is 0.